The van der Waals surface area contributed by atoms with Gasteiger partial charge in [-0.3, -0.25) is 4.98 Å². The normalized spacial score (nSPS) is 10.3. The molecule has 0 aliphatic heterocycles. The average Bonchev–Trinajstić information content (AvgIpc) is 2.41. The summed E-state index contributed by atoms with van der Waals surface area (Å²) >= 11 is 5.11. The van der Waals surface area contributed by atoms with Crippen molar-refractivity contribution in [1.29, 1.82) is 0 Å². The standard InChI is InChI=1S/C14H17N5S/c1-8-5-4-6-16-11(8)7-17-14-12(13(15)20)9(2)10(3)18-19-14/h4-6H,7H2,1-3H3,(H2,15,20)(H,17,19). The Balaban J connectivity index is 2.29. The molecule has 0 saturated heterocycles. The molecular weight excluding hydrogens is 270 g/mol. The van der Waals surface area contributed by atoms with Crippen LogP contribution in [0.1, 0.15) is 28.1 Å². The smallest absolute Gasteiger partial charge is 0.159 e. The molecule has 0 aliphatic carbocycles. The van der Waals surface area contributed by atoms with Gasteiger partial charge in [-0.1, -0.05) is 18.3 Å². The van der Waals surface area contributed by atoms with E-state index in [-0.39, 0.29) is 0 Å². The number of anilines is 1. The number of aromatic nitrogens is 3. The van der Waals surface area contributed by atoms with E-state index in [1.807, 2.05) is 32.9 Å². The fourth-order valence-electron chi connectivity index (χ4n) is 1.90. The Morgan fingerprint density at radius 2 is 2.05 bits per heavy atom. The van der Waals surface area contributed by atoms with E-state index in [9.17, 15) is 0 Å². The highest BCUT2D eigenvalue weighted by atomic mass is 32.1. The topological polar surface area (TPSA) is 76.7 Å². The minimum absolute atomic E-state index is 0.320. The van der Waals surface area contributed by atoms with Crippen molar-refractivity contribution in [2.75, 3.05) is 5.32 Å². The number of thiocarbonyl (C=S) groups is 1. The van der Waals surface area contributed by atoms with E-state index in [1.165, 1.54) is 0 Å². The van der Waals surface area contributed by atoms with E-state index >= 15 is 0 Å². The lowest BCUT2D eigenvalue weighted by Crippen LogP contribution is -2.18. The first-order chi connectivity index (χ1) is 9.50. The van der Waals surface area contributed by atoms with Crippen LogP contribution in [0.3, 0.4) is 0 Å². The Morgan fingerprint density at radius 3 is 2.70 bits per heavy atom. The second-order valence-electron chi connectivity index (χ2n) is 4.62. The van der Waals surface area contributed by atoms with Crippen molar-refractivity contribution in [3.63, 3.8) is 0 Å². The van der Waals surface area contributed by atoms with Crippen molar-refractivity contribution in [3.05, 3.63) is 46.4 Å². The van der Waals surface area contributed by atoms with Crippen molar-refractivity contribution in [2.24, 2.45) is 5.73 Å². The van der Waals surface area contributed by atoms with E-state index < -0.39 is 0 Å². The van der Waals surface area contributed by atoms with Crippen LogP contribution in [0.15, 0.2) is 18.3 Å². The first-order valence-electron chi connectivity index (χ1n) is 6.28. The lowest BCUT2D eigenvalue weighted by Gasteiger charge is -2.13. The lowest BCUT2D eigenvalue weighted by molar-refractivity contribution is 0.929. The highest BCUT2D eigenvalue weighted by molar-refractivity contribution is 7.80. The quantitative estimate of drug-likeness (QED) is 0.838. The van der Waals surface area contributed by atoms with Gasteiger partial charge in [0.15, 0.2) is 5.82 Å². The van der Waals surface area contributed by atoms with Crippen molar-refractivity contribution >= 4 is 23.0 Å². The lowest BCUT2D eigenvalue weighted by atomic mass is 10.1. The van der Waals surface area contributed by atoms with E-state index in [1.54, 1.807) is 6.20 Å². The maximum Gasteiger partial charge on any atom is 0.159 e. The summed E-state index contributed by atoms with van der Waals surface area (Å²) in [4.78, 5) is 4.65. The number of hydrogen-bond donors (Lipinski definition) is 2. The van der Waals surface area contributed by atoms with Gasteiger partial charge in [-0.25, -0.2) is 0 Å². The summed E-state index contributed by atoms with van der Waals surface area (Å²) in [5, 5.41) is 11.5. The molecule has 2 aromatic heterocycles. The number of rotatable bonds is 4. The fourth-order valence-corrected chi connectivity index (χ4v) is 2.15. The molecule has 2 aromatic rings. The molecule has 0 unspecified atom stereocenters. The molecule has 2 heterocycles. The van der Waals surface area contributed by atoms with Crippen LogP contribution in [0.5, 0.6) is 0 Å². The molecule has 0 fully saturated rings. The first-order valence-corrected chi connectivity index (χ1v) is 6.69. The van der Waals surface area contributed by atoms with E-state index in [4.69, 9.17) is 18.0 Å². The van der Waals surface area contributed by atoms with E-state index in [2.05, 4.69) is 20.5 Å². The summed E-state index contributed by atoms with van der Waals surface area (Å²) in [6.07, 6.45) is 1.77. The number of nitrogens with one attached hydrogen (secondary N) is 1. The monoisotopic (exact) mass is 287 g/mol. The summed E-state index contributed by atoms with van der Waals surface area (Å²) in [6, 6.07) is 3.93. The highest BCUT2D eigenvalue weighted by Gasteiger charge is 2.13. The molecule has 0 saturated carbocycles. The van der Waals surface area contributed by atoms with Crippen LogP contribution in [0.2, 0.25) is 0 Å². The van der Waals surface area contributed by atoms with Crippen molar-refractivity contribution < 1.29 is 0 Å². The van der Waals surface area contributed by atoms with Gasteiger partial charge in [-0.2, -0.15) is 5.10 Å². The predicted molar refractivity (Wildman–Crippen MR) is 83.7 cm³/mol. The Morgan fingerprint density at radius 1 is 1.30 bits per heavy atom. The van der Waals surface area contributed by atoms with Gasteiger partial charge in [0.1, 0.15) is 4.99 Å². The number of hydrogen-bond acceptors (Lipinski definition) is 5. The minimum Gasteiger partial charge on any atom is -0.389 e. The van der Waals surface area contributed by atoms with Gasteiger partial charge in [0, 0.05) is 6.20 Å². The number of aryl methyl sites for hydroxylation is 2. The Kier molecular flexibility index (Phi) is 4.24. The highest BCUT2D eigenvalue weighted by Crippen LogP contribution is 2.19. The molecule has 104 valence electrons. The van der Waals surface area contributed by atoms with Crippen LogP contribution in [-0.4, -0.2) is 20.2 Å². The number of pyridine rings is 1. The first kappa shape index (κ1) is 14.3. The zero-order chi connectivity index (χ0) is 14.7. The van der Waals surface area contributed by atoms with Crippen LogP contribution < -0.4 is 11.1 Å². The summed E-state index contributed by atoms with van der Waals surface area (Å²) in [5.41, 5.74) is 10.4. The molecule has 3 N–H and O–H groups in total. The second kappa shape index (κ2) is 5.92. The van der Waals surface area contributed by atoms with Crippen LogP contribution in [0.4, 0.5) is 5.82 Å². The average molecular weight is 287 g/mol. The van der Waals surface area contributed by atoms with Crippen molar-refractivity contribution in [2.45, 2.75) is 27.3 Å². The maximum atomic E-state index is 5.79. The molecular formula is C14H17N5S. The Labute approximate surface area is 123 Å². The molecule has 0 aromatic carbocycles. The molecule has 5 nitrogen and oxygen atoms in total. The number of nitrogens with zero attached hydrogens (tertiary/aromatic N) is 3. The third-order valence-corrected chi connectivity index (χ3v) is 3.45. The molecule has 0 radical (unpaired) electrons. The summed E-state index contributed by atoms with van der Waals surface area (Å²) in [6.45, 7) is 6.40. The molecule has 0 atom stereocenters. The molecule has 0 bridgehead atoms. The molecule has 6 heteroatoms. The number of nitrogens with two attached hydrogens (primary N) is 1. The second-order valence-corrected chi connectivity index (χ2v) is 5.06. The largest absolute Gasteiger partial charge is 0.389 e. The van der Waals surface area contributed by atoms with Gasteiger partial charge in [-0.15, -0.1) is 5.10 Å². The predicted octanol–water partition coefficient (Wildman–Crippen LogP) is 2.04. The Bertz CT molecular complexity index is 654. The maximum absolute atomic E-state index is 5.79. The molecule has 20 heavy (non-hydrogen) atoms. The van der Waals surface area contributed by atoms with E-state index in [0.717, 1.165) is 28.1 Å². The minimum atomic E-state index is 0.320. The van der Waals surface area contributed by atoms with Gasteiger partial charge >= 0.3 is 0 Å². The van der Waals surface area contributed by atoms with Gasteiger partial charge in [0.05, 0.1) is 23.5 Å². The van der Waals surface area contributed by atoms with Crippen molar-refractivity contribution in [1.82, 2.24) is 15.2 Å². The third kappa shape index (κ3) is 2.91. The third-order valence-electron chi connectivity index (χ3n) is 3.24. The summed E-state index contributed by atoms with van der Waals surface area (Å²) in [7, 11) is 0. The van der Waals surface area contributed by atoms with E-state index in [0.29, 0.717) is 17.4 Å². The molecule has 0 amide bonds. The van der Waals surface area contributed by atoms with Gasteiger partial charge < -0.3 is 11.1 Å². The zero-order valence-electron chi connectivity index (χ0n) is 11.8. The van der Waals surface area contributed by atoms with Crippen LogP contribution in [-0.2, 0) is 6.54 Å². The Hall–Kier alpha value is -2.08. The van der Waals surface area contributed by atoms with Crippen LogP contribution >= 0.6 is 12.2 Å². The van der Waals surface area contributed by atoms with Crippen LogP contribution in [0.25, 0.3) is 0 Å². The van der Waals surface area contributed by atoms with Gasteiger partial charge in [-0.05, 0) is 38.0 Å². The molecule has 2 rings (SSSR count). The van der Waals surface area contributed by atoms with Gasteiger partial charge in [0.25, 0.3) is 0 Å². The van der Waals surface area contributed by atoms with Crippen molar-refractivity contribution in [3.8, 4) is 0 Å². The SMILES string of the molecule is Cc1cccnc1CNc1nnc(C)c(C)c1C(N)=S. The van der Waals surface area contributed by atoms with Crippen LogP contribution in [0, 0.1) is 20.8 Å². The van der Waals surface area contributed by atoms with Gasteiger partial charge in [0.2, 0.25) is 0 Å². The fraction of sp³-hybridized carbons (Fsp3) is 0.286. The summed E-state index contributed by atoms with van der Waals surface area (Å²) < 4.78 is 0. The molecule has 0 spiro atoms. The zero-order valence-corrected chi connectivity index (χ0v) is 12.6. The molecule has 0 aliphatic rings. The summed E-state index contributed by atoms with van der Waals surface area (Å²) in [5.74, 6) is 0.602.